The number of carbonyl (C=O) groups excluding carboxylic acids is 2. The van der Waals surface area contributed by atoms with Gasteiger partial charge in [0.15, 0.2) is 0 Å². The molecule has 132 valence electrons. The van der Waals surface area contributed by atoms with Crippen LogP contribution in [-0.4, -0.2) is 52.9 Å². The quantitative estimate of drug-likeness (QED) is 0.844. The fourth-order valence-corrected chi connectivity index (χ4v) is 4.65. The van der Waals surface area contributed by atoms with Gasteiger partial charge in [0.2, 0.25) is 5.91 Å². The molecule has 0 bridgehead atoms. The fraction of sp³-hybridized carbons (Fsp3) is 0.500. The molecule has 2 heterocycles. The van der Waals surface area contributed by atoms with E-state index in [9.17, 15) is 9.59 Å². The van der Waals surface area contributed by atoms with Crippen molar-refractivity contribution >= 4 is 22.7 Å². The highest BCUT2D eigenvalue weighted by Crippen LogP contribution is 2.40. The van der Waals surface area contributed by atoms with E-state index < -0.39 is 0 Å². The Labute approximate surface area is 148 Å². The molecule has 0 N–H and O–H groups in total. The third-order valence-corrected chi connectivity index (χ3v) is 6.21. The van der Waals surface area contributed by atoms with E-state index in [-0.39, 0.29) is 17.9 Å². The van der Waals surface area contributed by atoms with Crippen molar-refractivity contribution in [2.45, 2.75) is 25.3 Å². The molecular formula is C20H25N3O2. The number of aromatic nitrogens is 1. The van der Waals surface area contributed by atoms with E-state index in [1.165, 1.54) is 0 Å². The first-order valence-corrected chi connectivity index (χ1v) is 9.01. The number of aryl methyl sites for hydroxylation is 1. The van der Waals surface area contributed by atoms with Gasteiger partial charge in [0, 0.05) is 62.8 Å². The van der Waals surface area contributed by atoms with E-state index >= 15 is 0 Å². The summed E-state index contributed by atoms with van der Waals surface area (Å²) < 4.78 is 2.04. The summed E-state index contributed by atoms with van der Waals surface area (Å²) in [6.45, 7) is 0.830. The maximum absolute atomic E-state index is 13.1. The minimum atomic E-state index is 0.0835. The number of rotatable bonds is 2. The Morgan fingerprint density at radius 3 is 2.72 bits per heavy atom. The van der Waals surface area contributed by atoms with Crippen molar-refractivity contribution in [2.75, 3.05) is 20.6 Å². The molecule has 0 spiro atoms. The summed E-state index contributed by atoms with van der Waals surface area (Å²) >= 11 is 0. The maximum atomic E-state index is 13.1. The molecule has 1 aromatic heterocycles. The minimum absolute atomic E-state index is 0.0835. The highest BCUT2D eigenvalue weighted by Gasteiger charge is 2.42. The summed E-state index contributed by atoms with van der Waals surface area (Å²) in [5.41, 5.74) is 1.84. The zero-order valence-corrected chi connectivity index (χ0v) is 15.1. The number of hydrogen-bond donors (Lipinski definition) is 0. The molecule has 5 nitrogen and oxygen atoms in total. The lowest BCUT2D eigenvalue weighted by atomic mass is 9.88. The van der Waals surface area contributed by atoms with Gasteiger partial charge in [-0.3, -0.25) is 9.59 Å². The predicted octanol–water partition coefficient (Wildman–Crippen LogP) is 2.51. The van der Waals surface area contributed by atoms with Gasteiger partial charge in [0.05, 0.1) is 0 Å². The Bertz CT molecular complexity index is 841. The minimum Gasteiger partial charge on any atom is -0.351 e. The lowest BCUT2D eigenvalue weighted by Crippen LogP contribution is -2.39. The average molecular weight is 339 g/mol. The van der Waals surface area contributed by atoms with Crippen LogP contribution in [0.1, 0.15) is 29.6 Å². The summed E-state index contributed by atoms with van der Waals surface area (Å²) in [5, 5.41) is 1.01. The van der Waals surface area contributed by atoms with Crippen LogP contribution in [0.25, 0.3) is 10.9 Å². The van der Waals surface area contributed by atoms with Gasteiger partial charge in [0.1, 0.15) is 0 Å². The highest BCUT2D eigenvalue weighted by atomic mass is 16.2. The number of carbonyl (C=O) groups is 2. The zero-order chi connectivity index (χ0) is 17.7. The van der Waals surface area contributed by atoms with Crippen molar-refractivity contribution < 1.29 is 9.59 Å². The number of benzene rings is 1. The molecule has 0 radical (unpaired) electrons. The number of piperidine rings is 1. The second-order valence-electron chi connectivity index (χ2n) is 7.70. The van der Waals surface area contributed by atoms with Crippen LogP contribution in [-0.2, 0) is 11.8 Å². The normalized spacial score (nSPS) is 26.1. The van der Waals surface area contributed by atoms with Crippen LogP contribution in [0.2, 0.25) is 0 Å². The molecule has 2 fully saturated rings. The summed E-state index contributed by atoms with van der Waals surface area (Å²) in [5.74, 6) is 1.27. The van der Waals surface area contributed by atoms with Crippen LogP contribution in [0, 0.1) is 11.8 Å². The third kappa shape index (κ3) is 2.62. The maximum Gasteiger partial charge on any atom is 0.254 e. The molecule has 1 saturated heterocycles. The largest absolute Gasteiger partial charge is 0.351 e. The molecule has 2 aromatic rings. The van der Waals surface area contributed by atoms with Crippen molar-refractivity contribution in [1.29, 1.82) is 0 Å². The summed E-state index contributed by atoms with van der Waals surface area (Å²) in [6.07, 6.45) is 4.56. The van der Waals surface area contributed by atoms with E-state index in [1.807, 2.05) is 66.0 Å². The summed E-state index contributed by atoms with van der Waals surface area (Å²) in [6, 6.07) is 8.14. The molecule has 5 heteroatoms. The van der Waals surface area contributed by atoms with Gasteiger partial charge in [-0.1, -0.05) is 6.07 Å². The topological polar surface area (TPSA) is 45.5 Å². The molecule has 1 aliphatic heterocycles. The predicted molar refractivity (Wildman–Crippen MR) is 97.3 cm³/mol. The van der Waals surface area contributed by atoms with Gasteiger partial charge >= 0.3 is 0 Å². The van der Waals surface area contributed by atoms with E-state index in [1.54, 1.807) is 0 Å². The fourth-order valence-electron chi connectivity index (χ4n) is 4.65. The molecule has 1 aromatic carbocycles. The molecule has 1 aliphatic carbocycles. The molecular weight excluding hydrogens is 314 g/mol. The Morgan fingerprint density at radius 2 is 1.92 bits per heavy atom. The van der Waals surface area contributed by atoms with E-state index in [2.05, 4.69) is 0 Å². The van der Waals surface area contributed by atoms with Gasteiger partial charge in [-0.2, -0.15) is 0 Å². The summed E-state index contributed by atoms with van der Waals surface area (Å²) in [4.78, 5) is 28.8. The number of amides is 2. The first-order chi connectivity index (χ1) is 12.0. The first kappa shape index (κ1) is 16.2. The first-order valence-electron chi connectivity index (χ1n) is 9.01. The molecule has 2 aliphatic rings. The molecule has 0 unspecified atom stereocenters. The number of likely N-dealkylation sites (tertiary alicyclic amines) is 1. The van der Waals surface area contributed by atoms with Gasteiger partial charge in [-0.05, 0) is 42.9 Å². The van der Waals surface area contributed by atoms with Gasteiger partial charge in [-0.15, -0.1) is 0 Å². The van der Waals surface area contributed by atoms with Crippen molar-refractivity contribution in [2.24, 2.45) is 18.9 Å². The SMILES string of the molecule is CN1C[C@@H]2C[C@H](N(C)C(=O)c3cccc4c3ccn4C)C[C@@H]2CC1=O. The number of fused-ring (bicyclic) bond motifs is 2. The number of hydrogen-bond acceptors (Lipinski definition) is 2. The zero-order valence-electron chi connectivity index (χ0n) is 15.1. The van der Waals surface area contributed by atoms with Crippen LogP contribution in [0.5, 0.6) is 0 Å². The van der Waals surface area contributed by atoms with Crippen LogP contribution >= 0.6 is 0 Å². The van der Waals surface area contributed by atoms with Crippen molar-refractivity contribution in [3.63, 3.8) is 0 Å². The van der Waals surface area contributed by atoms with E-state index in [4.69, 9.17) is 0 Å². The van der Waals surface area contributed by atoms with Crippen molar-refractivity contribution in [3.05, 3.63) is 36.0 Å². The van der Waals surface area contributed by atoms with Gasteiger partial charge < -0.3 is 14.4 Å². The van der Waals surface area contributed by atoms with Gasteiger partial charge in [-0.25, -0.2) is 0 Å². The molecule has 2 amide bonds. The van der Waals surface area contributed by atoms with Gasteiger partial charge in [0.25, 0.3) is 5.91 Å². The monoisotopic (exact) mass is 339 g/mol. The smallest absolute Gasteiger partial charge is 0.254 e. The lowest BCUT2D eigenvalue weighted by Gasteiger charge is -2.31. The van der Waals surface area contributed by atoms with Crippen molar-refractivity contribution in [1.82, 2.24) is 14.4 Å². The molecule has 25 heavy (non-hydrogen) atoms. The van der Waals surface area contributed by atoms with E-state index in [0.29, 0.717) is 18.3 Å². The Morgan fingerprint density at radius 1 is 1.16 bits per heavy atom. The second kappa shape index (κ2) is 5.90. The number of nitrogens with zero attached hydrogens (tertiary/aromatic N) is 3. The molecule has 3 atom stereocenters. The molecule has 1 saturated carbocycles. The Kier molecular flexibility index (Phi) is 3.82. The van der Waals surface area contributed by atoms with Crippen molar-refractivity contribution in [3.8, 4) is 0 Å². The second-order valence-corrected chi connectivity index (χ2v) is 7.70. The van der Waals surface area contributed by atoms with Crippen LogP contribution in [0.3, 0.4) is 0 Å². The Balaban J connectivity index is 1.56. The molecule has 4 rings (SSSR count). The lowest BCUT2D eigenvalue weighted by molar-refractivity contribution is -0.134. The third-order valence-electron chi connectivity index (χ3n) is 6.21. The van der Waals surface area contributed by atoms with Crippen LogP contribution < -0.4 is 0 Å². The van der Waals surface area contributed by atoms with E-state index in [0.717, 1.165) is 35.9 Å². The summed E-state index contributed by atoms with van der Waals surface area (Å²) in [7, 11) is 5.80. The Hall–Kier alpha value is -2.30. The van der Waals surface area contributed by atoms with Crippen LogP contribution in [0.15, 0.2) is 30.5 Å². The average Bonchev–Trinajstić information content (AvgIpc) is 3.18. The standard InChI is InChI=1S/C20H25N3O2/c1-21-8-7-16-17(5-4-6-18(16)21)20(25)23(3)15-9-13-11-19(24)22(2)12-14(13)10-15/h4-8,13-15H,9-12H2,1-3H3/t13-,14+,15-/m1/s1. The highest BCUT2D eigenvalue weighted by molar-refractivity contribution is 6.06. The van der Waals surface area contributed by atoms with Crippen LogP contribution in [0.4, 0.5) is 0 Å².